The smallest absolute Gasteiger partial charge is 0.238 e. The first-order valence-electron chi connectivity index (χ1n) is 6.46. The highest BCUT2D eigenvalue weighted by Gasteiger charge is 2.14. The van der Waals surface area contributed by atoms with Gasteiger partial charge >= 0.3 is 0 Å². The highest BCUT2D eigenvalue weighted by molar-refractivity contribution is 5.82. The van der Waals surface area contributed by atoms with Crippen molar-refractivity contribution < 1.29 is 0 Å². The molecule has 0 unspecified atom stereocenters. The number of nitrogens with zero attached hydrogens (tertiary/aromatic N) is 4. The average molecular weight is 263 g/mol. The molecule has 4 rings (SSSR count). The number of aromatic nitrogens is 4. The molecule has 2 N–H and O–H groups in total. The molecule has 0 saturated carbocycles. The summed E-state index contributed by atoms with van der Waals surface area (Å²) in [5.41, 5.74) is 9.28. The molecule has 0 atom stereocenters. The molecule has 0 radical (unpaired) electrons. The Kier molecular flexibility index (Phi) is 2.26. The van der Waals surface area contributed by atoms with Crippen LogP contribution in [-0.4, -0.2) is 19.2 Å². The third kappa shape index (κ3) is 1.50. The lowest BCUT2D eigenvalue weighted by Gasteiger charge is -2.04. The molecule has 0 aliphatic rings. The molecule has 5 heteroatoms. The number of anilines is 1. The van der Waals surface area contributed by atoms with E-state index in [1.807, 2.05) is 40.8 Å². The van der Waals surface area contributed by atoms with Crippen LogP contribution in [0.25, 0.3) is 16.8 Å². The summed E-state index contributed by atoms with van der Waals surface area (Å²) in [6, 6.07) is 18.4. The van der Waals surface area contributed by atoms with Crippen molar-refractivity contribution >= 4 is 22.8 Å². The van der Waals surface area contributed by atoms with Crippen molar-refractivity contribution in [1.29, 1.82) is 0 Å². The van der Waals surface area contributed by atoms with Gasteiger partial charge in [0, 0.05) is 0 Å². The van der Waals surface area contributed by atoms with E-state index in [0.29, 0.717) is 5.95 Å². The molecule has 20 heavy (non-hydrogen) atoms. The second-order valence-electron chi connectivity index (χ2n) is 4.75. The van der Waals surface area contributed by atoms with Crippen LogP contribution in [0.2, 0.25) is 0 Å². The Bertz CT molecular complexity index is 889. The van der Waals surface area contributed by atoms with Gasteiger partial charge in [0.1, 0.15) is 0 Å². The van der Waals surface area contributed by atoms with Crippen LogP contribution in [0.1, 0.15) is 5.56 Å². The number of imidazole rings is 1. The van der Waals surface area contributed by atoms with Crippen molar-refractivity contribution in [3.63, 3.8) is 0 Å². The third-order valence-corrected chi connectivity index (χ3v) is 3.51. The van der Waals surface area contributed by atoms with Crippen LogP contribution in [0.5, 0.6) is 0 Å². The first kappa shape index (κ1) is 11.0. The molecule has 4 aromatic rings. The zero-order valence-corrected chi connectivity index (χ0v) is 10.8. The van der Waals surface area contributed by atoms with Gasteiger partial charge in [0.2, 0.25) is 11.7 Å². The Morgan fingerprint density at radius 1 is 0.850 bits per heavy atom. The summed E-state index contributed by atoms with van der Waals surface area (Å²) in [4.78, 5) is 0. The number of nitrogens with two attached hydrogens (primary N) is 1. The quantitative estimate of drug-likeness (QED) is 0.603. The van der Waals surface area contributed by atoms with Crippen LogP contribution in [-0.2, 0) is 6.54 Å². The highest BCUT2D eigenvalue weighted by atomic mass is 15.4. The standard InChI is InChI=1S/C15H13N5/c16-14-17-18-15-19(10-11-6-2-1-3-7-11)12-8-4-5-9-13(12)20(14)15/h1-9H,10H2,(H2,16,17). The maximum absolute atomic E-state index is 5.93. The van der Waals surface area contributed by atoms with Crippen molar-refractivity contribution in [3.8, 4) is 0 Å². The molecule has 2 aromatic heterocycles. The van der Waals surface area contributed by atoms with Crippen molar-refractivity contribution in [2.45, 2.75) is 6.54 Å². The van der Waals surface area contributed by atoms with E-state index in [1.165, 1.54) is 5.56 Å². The molecule has 0 fully saturated rings. The molecule has 0 spiro atoms. The number of rotatable bonds is 2. The van der Waals surface area contributed by atoms with Gasteiger partial charge in [-0.05, 0) is 17.7 Å². The Morgan fingerprint density at radius 2 is 1.55 bits per heavy atom. The van der Waals surface area contributed by atoms with E-state index in [1.54, 1.807) is 0 Å². The third-order valence-electron chi connectivity index (χ3n) is 3.51. The number of fused-ring (bicyclic) bond motifs is 3. The summed E-state index contributed by atoms with van der Waals surface area (Å²) in [6.45, 7) is 0.746. The lowest BCUT2D eigenvalue weighted by atomic mass is 10.2. The number of hydrogen-bond acceptors (Lipinski definition) is 3. The topological polar surface area (TPSA) is 61.1 Å². The zero-order valence-electron chi connectivity index (χ0n) is 10.8. The van der Waals surface area contributed by atoms with E-state index >= 15 is 0 Å². The van der Waals surface area contributed by atoms with Gasteiger partial charge in [-0.1, -0.05) is 42.5 Å². The highest BCUT2D eigenvalue weighted by Crippen LogP contribution is 2.22. The van der Waals surface area contributed by atoms with E-state index in [0.717, 1.165) is 23.4 Å². The number of para-hydroxylation sites is 2. The van der Waals surface area contributed by atoms with Crippen molar-refractivity contribution in [1.82, 2.24) is 19.2 Å². The van der Waals surface area contributed by atoms with Crippen molar-refractivity contribution in [3.05, 3.63) is 60.2 Å². The van der Waals surface area contributed by atoms with Crippen LogP contribution < -0.4 is 5.73 Å². The van der Waals surface area contributed by atoms with Crippen LogP contribution in [0.3, 0.4) is 0 Å². The van der Waals surface area contributed by atoms with Gasteiger partial charge in [0.15, 0.2) is 0 Å². The van der Waals surface area contributed by atoms with Gasteiger partial charge in [0.05, 0.1) is 17.6 Å². The summed E-state index contributed by atoms with van der Waals surface area (Å²) in [7, 11) is 0. The average Bonchev–Trinajstić information content (AvgIpc) is 3.01. The monoisotopic (exact) mass is 263 g/mol. The lowest BCUT2D eigenvalue weighted by Crippen LogP contribution is -2.00. The molecule has 2 aromatic carbocycles. The van der Waals surface area contributed by atoms with Crippen LogP contribution in [0.15, 0.2) is 54.6 Å². The summed E-state index contributed by atoms with van der Waals surface area (Å²) >= 11 is 0. The zero-order chi connectivity index (χ0) is 13.5. The Morgan fingerprint density at radius 3 is 2.35 bits per heavy atom. The Hall–Kier alpha value is -2.82. The fourth-order valence-electron chi connectivity index (χ4n) is 2.60. The molecule has 5 nitrogen and oxygen atoms in total. The second kappa shape index (κ2) is 4.09. The van der Waals surface area contributed by atoms with Crippen LogP contribution in [0.4, 0.5) is 5.95 Å². The second-order valence-corrected chi connectivity index (χ2v) is 4.75. The SMILES string of the molecule is Nc1nnc2n(Cc3ccccc3)c3ccccc3n12. The fraction of sp³-hybridized carbons (Fsp3) is 0.0667. The van der Waals surface area contributed by atoms with Gasteiger partial charge in [0.25, 0.3) is 0 Å². The minimum Gasteiger partial charge on any atom is -0.368 e. The molecule has 0 aliphatic carbocycles. The van der Waals surface area contributed by atoms with Crippen molar-refractivity contribution in [2.24, 2.45) is 0 Å². The molecule has 2 heterocycles. The molecule has 0 bridgehead atoms. The molecular weight excluding hydrogens is 250 g/mol. The van der Waals surface area contributed by atoms with Gasteiger partial charge in [-0.3, -0.25) is 0 Å². The van der Waals surface area contributed by atoms with E-state index in [9.17, 15) is 0 Å². The van der Waals surface area contributed by atoms with Gasteiger partial charge in [-0.2, -0.15) is 0 Å². The van der Waals surface area contributed by atoms with Crippen molar-refractivity contribution in [2.75, 3.05) is 5.73 Å². The van der Waals surface area contributed by atoms with E-state index in [2.05, 4.69) is 33.0 Å². The predicted octanol–water partition coefficient (Wildman–Crippen LogP) is 2.31. The molecule has 0 aliphatic heterocycles. The fourth-order valence-corrected chi connectivity index (χ4v) is 2.60. The van der Waals surface area contributed by atoms with E-state index < -0.39 is 0 Å². The van der Waals surface area contributed by atoms with Gasteiger partial charge in [-0.25, -0.2) is 4.40 Å². The molecule has 98 valence electrons. The van der Waals surface area contributed by atoms with Gasteiger partial charge in [-0.15, -0.1) is 10.2 Å². The predicted molar refractivity (Wildman–Crippen MR) is 78.4 cm³/mol. The molecular formula is C15H13N5. The minimum atomic E-state index is 0.419. The van der Waals surface area contributed by atoms with Crippen LogP contribution >= 0.6 is 0 Å². The number of nitrogen functional groups attached to an aromatic ring is 1. The number of benzene rings is 2. The van der Waals surface area contributed by atoms with E-state index in [4.69, 9.17) is 5.73 Å². The lowest BCUT2D eigenvalue weighted by molar-refractivity contribution is 0.839. The molecule has 0 amide bonds. The summed E-state index contributed by atoms with van der Waals surface area (Å²) in [6.07, 6.45) is 0. The largest absolute Gasteiger partial charge is 0.368 e. The summed E-state index contributed by atoms with van der Waals surface area (Å²) in [5.74, 6) is 1.19. The normalized spacial score (nSPS) is 11.4. The Labute approximate surface area is 115 Å². The maximum atomic E-state index is 5.93. The summed E-state index contributed by atoms with van der Waals surface area (Å²) < 4.78 is 4.02. The Balaban J connectivity index is 2.01. The van der Waals surface area contributed by atoms with Gasteiger partial charge < -0.3 is 10.3 Å². The minimum absolute atomic E-state index is 0.419. The first-order valence-corrected chi connectivity index (χ1v) is 6.46. The molecule has 0 saturated heterocycles. The maximum Gasteiger partial charge on any atom is 0.238 e. The van der Waals surface area contributed by atoms with Crippen LogP contribution in [0, 0.1) is 0 Å². The van der Waals surface area contributed by atoms with E-state index in [-0.39, 0.29) is 0 Å². The number of hydrogen-bond donors (Lipinski definition) is 1. The summed E-state index contributed by atoms with van der Waals surface area (Å²) in [5, 5.41) is 8.18. The first-order chi connectivity index (χ1) is 9.84.